The number of carboxylic acids is 1. The zero-order chi connectivity index (χ0) is 15.0. The van der Waals surface area contributed by atoms with Gasteiger partial charge in [0.05, 0.1) is 11.8 Å². The lowest BCUT2D eigenvalue weighted by atomic mass is 9.82. The highest BCUT2D eigenvalue weighted by Crippen LogP contribution is 2.36. The molecule has 1 aliphatic heterocycles. The van der Waals surface area contributed by atoms with Crippen molar-refractivity contribution in [2.45, 2.75) is 32.2 Å². The topological polar surface area (TPSA) is 57.6 Å². The van der Waals surface area contributed by atoms with E-state index in [0.29, 0.717) is 12.8 Å². The number of nitrogens with zero attached hydrogens (tertiary/aromatic N) is 1. The van der Waals surface area contributed by atoms with Crippen molar-refractivity contribution in [3.8, 4) is 0 Å². The van der Waals surface area contributed by atoms with Crippen molar-refractivity contribution in [1.82, 2.24) is 0 Å². The Morgan fingerprint density at radius 2 is 1.81 bits per heavy atom. The first kappa shape index (κ1) is 13.9. The molecule has 0 saturated carbocycles. The summed E-state index contributed by atoms with van der Waals surface area (Å²) in [4.78, 5) is 26.1. The monoisotopic (exact) mass is 285 g/mol. The molecule has 21 heavy (non-hydrogen) atoms. The molecular formula is C17H19NO3. The fraction of sp³-hybridized carbons (Fsp3) is 0.412. The van der Waals surface area contributed by atoms with Crippen LogP contribution >= 0.6 is 0 Å². The van der Waals surface area contributed by atoms with Gasteiger partial charge in [0.15, 0.2) is 0 Å². The summed E-state index contributed by atoms with van der Waals surface area (Å²) >= 11 is 0. The standard InChI is InChI=1S/C17H19NO3/c1-11-10-12-6-2-5-9-15(12)18(11)16(19)13-7-3-4-8-14(13)17(20)21/h2-6,9,11,13-14H,7-8,10H2,1H3,(H,20,21)/t11-,13-,14+/m1/s1. The number of rotatable bonds is 2. The summed E-state index contributed by atoms with van der Waals surface area (Å²) in [6, 6.07) is 7.98. The van der Waals surface area contributed by atoms with Crippen molar-refractivity contribution in [1.29, 1.82) is 0 Å². The second-order valence-corrected chi connectivity index (χ2v) is 5.88. The number of carbonyl (C=O) groups is 2. The van der Waals surface area contributed by atoms with Crippen LogP contribution in [0.3, 0.4) is 0 Å². The van der Waals surface area contributed by atoms with Gasteiger partial charge in [0, 0.05) is 11.7 Å². The molecule has 1 amide bonds. The maximum Gasteiger partial charge on any atom is 0.307 e. The predicted octanol–water partition coefficient (Wildman–Crippen LogP) is 2.63. The first-order valence-electron chi connectivity index (χ1n) is 7.38. The fourth-order valence-corrected chi connectivity index (χ4v) is 3.44. The Morgan fingerprint density at radius 1 is 1.14 bits per heavy atom. The fourth-order valence-electron chi connectivity index (χ4n) is 3.44. The van der Waals surface area contributed by atoms with Crippen LogP contribution in [-0.2, 0) is 16.0 Å². The molecule has 0 aromatic heterocycles. The van der Waals surface area contributed by atoms with Crippen molar-refractivity contribution < 1.29 is 14.7 Å². The van der Waals surface area contributed by atoms with Crippen LogP contribution in [0.2, 0.25) is 0 Å². The predicted molar refractivity (Wildman–Crippen MR) is 80.1 cm³/mol. The Labute approximate surface area is 124 Å². The smallest absolute Gasteiger partial charge is 0.307 e. The van der Waals surface area contributed by atoms with Crippen LogP contribution in [0.1, 0.15) is 25.3 Å². The van der Waals surface area contributed by atoms with Crippen molar-refractivity contribution >= 4 is 17.6 Å². The average Bonchev–Trinajstić information content (AvgIpc) is 2.82. The van der Waals surface area contributed by atoms with Gasteiger partial charge in [0.25, 0.3) is 0 Å². The van der Waals surface area contributed by atoms with E-state index in [-0.39, 0.29) is 11.9 Å². The summed E-state index contributed by atoms with van der Waals surface area (Å²) < 4.78 is 0. The van der Waals surface area contributed by atoms with E-state index in [1.54, 1.807) is 4.90 Å². The van der Waals surface area contributed by atoms with E-state index >= 15 is 0 Å². The van der Waals surface area contributed by atoms with E-state index < -0.39 is 17.8 Å². The molecule has 3 atom stereocenters. The quantitative estimate of drug-likeness (QED) is 0.850. The van der Waals surface area contributed by atoms with Gasteiger partial charge in [-0.1, -0.05) is 30.4 Å². The van der Waals surface area contributed by atoms with Gasteiger partial charge in [0.1, 0.15) is 0 Å². The number of fused-ring (bicyclic) bond motifs is 1. The Balaban J connectivity index is 1.91. The first-order valence-corrected chi connectivity index (χ1v) is 7.38. The third kappa shape index (κ3) is 2.35. The number of anilines is 1. The van der Waals surface area contributed by atoms with Crippen LogP contribution in [0.15, 0.2) is 36.4 Å². The third-order valence-electron chi connectivity index (χ3n) is 4.51. The van der Waals surface area contributed by atoms with Gasteiger partial charge in [-0.3, -0.25) is 9.59 Å². The number of allylic oxidation sites excluding steroid dienone is 2. The molecule has 1 aromatic rings. The summed E-state index contributed by atoms with van der Waals surface area (Å²) in [5, 5.41) is 9.36. The third-order valence-corrected chi connectivity index (χ3v) is 4.51. The molecule has 1 aromatic carbocycles. The van der Waals surface area contributed by atoms with E-state index in [1.807, 2.05) is 43.3 Å². The number of amides is 1. The molecule has 0 bridgehead atoms. The average molecular weight is 285 g/mol. The summed E-state index contributed by atoms with van der Waals surface area (Å²) in [6.07, 6.45) is 5.58. The maximum absolute atomic E-state index is 12.9. The maximum atomic E-state index is 12.9. The highest BCUT2D eigenvalue weighted by molar-refractivity contribution is 5.99. The van der Waals surface area contributed by atoms with Crippen LogP contribution in [0.5, 0.6) is 0 Å². The summed E-state index contributed by atoms with van der Waals surface area (Å²) in [7, 11) is 0. The number of hydrogen-bond donors (Lipinski definition) is 1. The molecule has 4 heteroatoms. The van der Waals surface area contributed by atoms with Crippen molar-refractivity contribution in [3.63, 3.8) is 0 Å². The molecule has 1 aliphatic carbocycles. The molecule has 1 heterocycles. The summed E-state index contributed by atoms with van der Waals surface area (Å²) in [5.74, 6) is -1.99. The molecule has 4 nitrogen and oxygen atoms in total. The molecule has 0 unspecified atom stereocenters. The number of aliphatic carboxylic acids is 1. The van der Waals surface area contributed by atoms with Crippen LogP contribution in [0, 0.1) is 11.8 Å². The number of para-hydroxylation sites is 1. The van der Waals surface area contributed by atoms with Gasteiger partial charge in [-0.15, -0.1) is 0 Å². The Morgan fingerprint density at radius 3 is 2.52 bits per heavy atom. The number of carbonyl (C=O) groups excluding carboxylic acids is 1. The van der Waals surface area contributed by atoms with Gasteiger partial charge in [0.2, 0.25) is 5.91 Å². The molecule has 2 aliphatic rings. The number of hydrogen-bond acceptors (Lipinski definition) is 2. The highest BCUT2D eigenvalue weighted by atomic mass is 16.4. The molecule has 0 radical (unpaired) electrons. The van der Waals surface area contributed by atoms with E-state index in [2.05, 4.69) is 0 Å². The minimum absolute atomic E-state index is 0.0517. The lowest BCUT2D eigenvalue weighted by molar-refractivity contribution is -0.146. The number of carboxylic acid groups (broad SMARTS) is 1. The van der Waals surface area contributed by atoms with E-state index in [1.165, 1.54) is 0 Å². The zero-order valence-electron chi connectivity index (χ0n) is 12.0. The van der Waals surface area contributed by atoms with Gasteiger partial charge < -0.3 is 10.0 Å². The van der Waals surface area contributed by atoms with Crippen molar-refractivity contribution in [3.05, 3.63) is 42.0 Å². The van der Waals surface area contributed by atoms with Gasteiger partial charge >= 0.3 is 5.97 Å². The minimum atomic E-state index is -0.877. The van der Waals surface area contributed by atoms with E-state index in [0.717, 1.165) is 17.7 Å². The molecule has 0 spiro atoms. The van der Waals surface area contributed by atoms with Crippen LogP contribution in [0.25, 0.3) is 0 Å². The summed E-state index contributed by atoms with van der Waals surface area (Å²) in [5.41, 5.74) is 2.10. The Kier molecular flexibility index (Phi) is 3.53. The summed E-state index contributed by atoms with van der Waals surface area (Å²) in [6.45, 7) is 2.02. The second-order valence-electron chi connectivity index (χ2n) is 5.88. The molecule has 0 fully saturated rings. The Hall–Kier alpha value is -2.10. The van der Waals surface area contributed by atoms with E-state index in [4.69, 9.17) is 0 Å². The van der Waals surface area contributed by atoms with Crippen LogP contribution in [-0.4, -0.2) is 23.0 Å². The first-order chi connectivity index (χ1) is 10.1. The normalized spacial score (nSPS) is 27.5. The van der Waals surface area contributed by atoms with Gasteiger partial charge in [-0.25, -0.2) is 0 Å². The largest absolute Gasteiger partial charge is 0.481 e. The number of benzene rings is 1. The lowest BCUT2D eigenvalue weighted by Gasteiger charge is -2.31. The van der Waals surface area contributed by atoms with Crippen LogP contribution in [0.4, 0.5) is 5.69 Å². The van der Waals surface area contributed by atoms with Crippen molar-refractivity contribution in [2.24, 2.45) is 11.8 Å². The van der Waals surface area contributed by atoms with Gasteiger partial charge in [-0.05, 0) is 37.8 Å². The molecule has 3 rings (SSSR count). The zero-order valence-corrected chi connectivity index (χ0v) is 12.0. The second kappa shape index (κ2) is 5.35. The Bertz CT molecular complexity index is 608. The molecule has 0 saturated heterocycles. The highest BCUT2D eigenvalue weighted by Gasteiger charge is 2.40. The van der Waals surface area contributed by atoms with Crippen molar-refractivity contribution in [2.75, 3.05) is 4.90 Å². The van der Waals surface area contributed by atoms with Gasteiger partial charge in [-0.2, -0.15) is 0 Å². The van der Waals surface area contributed by atoms with E-state index in [9.17, 15) is 14.7 Å². The SMILES string of the molecule is C[C@@H]1Cc2ccccc2N1C(=O)[C@@H]1CC=CC[C@@H]1C(=O)O. The van der Waals surface area contributed by atoms with Crippen LogP contribution < -0.4 is 4.90 Å². The minimum Gasteiger partial charge on any atom is -0.481 e. The molecular weight excluding hydrogens is 266 g/mol. The molecule has 1 N–H and O–H groups in total. The lowest BCUT2D eigenvalue weighted by Crippen LogP contribution is -2.44. The molecule has 110 valence electrons.